The molecule has 0 saturated carbocycles. The maximum absolute atomic E-state index is 5.77. The lowest BCUT2D eigenvalue weighted by atomic mass is 9.92. The molecule has 0 spiro atoms. The fourth-order valence-electron chi connectivity index (χ4n) is 3.70. The summed E-state index contributed by atoms with van der Waals surface area (Å²) in [5.41, 5.74) is 4.69. The molecule has 4 heteroatoms. The summed E-state index contributed by atoms with van der Waals surface area (Å²) in [5.74, 6) is 0.833. The Bertz CT molecular complexity index is 641. The fraction of sp³-hybridized carbons (Fsp3) is 0.632. The van der Waals surface area contributed by atoms with Crippen molar-refractivity contribution in [3.8, 4) is 0 Å². The lowest BCUT2D eigenvalue weighted by molar-refractivity contribution is 0.350. The predicted molar refractivity (Wildman–Crippen MR) is 96.2 cm³/mol. The molecule has 0 unspecified atom stereocenters. The van der Waals surface area contributed by atoms with E-state index in [0.717, 1.165) is 49.5 Å². The molecule has 1 aliphatic heterocycles. The van der Waals surface area contributed by atoms with Gasteiger partial charge in [0.25, 0.3) is 0 Å². The molecule has 1 N–H and O–H groups in total. The highest BCUT2D eigenvalue weighted by Gasteiger charge is 2.18. The van der Waals surface area contributed by atoms with Crippen molar-refractivity contribution in [2.24, 2.45) is 5.92 Å². The SMILES string of the molecule is CCCc1c(N(C)C)ccc2c(CCC3CCNCC3)noc12. The van der Waals surface area contributed by atoms with Crippen LogP contribution in [0.3, 0.4) is 0 Å². The van der Waals surface area contributed by atoms with Gasteiger partial charge in [-0.3, -0.25) is 0 Å². The predicted octanol–water partition coefficient (Wildman–Crippen LogP) is 3.78. The Labute approximate surface area is 139 Å². The van der Waals surface area contributed by atoms with Gasteiger partial charge in [-0.05, 0) is 63.2 Å². The van der Waals surface area contributed by atoms with Gasteiger partial charge in [0.2, 0.25) is 0 Å². The average molecular weight is 315 g/mol. The van der Waals surface area contributed by atoms with Gasteiger partial charge in [0.05, 0.1) is 5.69 Å². The number of aryl methyl sites for hydroxylation is 2. The standard InChI is InChI=1S/C19H29N3O/c1-4-5-16-18(22(2)3)9-7-15-17(21-23-19(15)16)8-6-14-10-12-20-13-11-14/h7,9,14,20H,4-6,8,10-13H2,1-3H3. The number of nitrogens with one attached hydrogen (secondary N) is 1. The number of rotatable bonds is 6. The first kappa shape index (κ1) is 16.3. The van der Waals surface area contributed by atoms with Gasteiger partial charge in [-0.15, -0.1) is 0 Å². The highest BCUT2D eigenvalue weighted by atomic mass is 16.5. The summed E-state index contributed by atoms with van der Waals surface area (Å²) < 4.78 is 5.77. The van der Waals surface area contributed by atoms with Crippen LogP contribution < -0.4 is 10.2 Å². The van der Waals surface area contributed by atoms with Gasteiger partial charge in [0, 0.05) is 30.7 Å². The molecule has 0 amide bonds. The van der Waals surface area contributed by atoms with Crippen LogP contribution in [0.1, 0.15) is 43.9 Å². The topological polar surface area (TPSA) is 41.3 Å². The normalized spacial score (nSPS) is 16.1. The van der Waals surface area contributed by atoms with E-state index in [1.807, 2.05) is 0 Å². The number of nitrogens with zero attached hydrogens (tertiary/aromatic N) is 2. The van der Waals surface area contributed by atoms with Crippen LogP contribution in [0.4, 0.5) is 5.69 Å². The molecule has 126 valence electrons. The number of anilines is 1. The Kier molecular flexibility index (Phi) is 5.21. The van der Waals surface area contributed by atoms with Crippen molar-refractivity contribution in [3.05, 3.63) is 23.4 Å². The second kappa shape index (κ2) is 7.35. The number of aromatic nitrogens is 1. The molecule has 1 aromatic carbocycles. The highest BCUT2D eigenvalue weighted by Crippen LogP contribution is 2.32. The van der Waals surface area contributed by atoms with E-state index in [0.29, 0.717) is 0 Å². The zero-order valence-electron chi connectivity index (χ0n) is 14.7. The Morgan fingerprint density at radius 3 is 2.70 bits per heavy atom. The molecule has 0 radical (unpaired) electrons. The number of piperidine rings is 1. The minimum Gasteiger partial charge on any atom is -0.377 e. The smallest absolute Gasteiger partial charge is 0.172 e. The van der Waals surface area contributed by atoms with Crippen molar-refractivity contribution in [3.63, 3.8) is 0 Å². The Hall–Kier alpha value is -1.55. The summed E-state index contributed by atoms with van der Waals surface area (Å²) in [6, 6.07) is 4.41. The third-order valence-electron chi connectivity index (χ3n) is 5.02. The van der Waals surface area contributed by atoms with Crippen LogP contribution in [0.25, 0.3) is 11.0 Å². The van der Waals surface area contributed by atoms with E-state index < -0.39 is 0 Å². The van der Waals surface area contributed by atoms with Crippen molar-refractivity contribution in [2.75, 3.05) is 32.1 Å². The third-order valence-corrected chi connectivity index (χ3v) is 5.02. The van der Waals surface area contributed by atoms with E-state index in [1.54, 1.807) is 0 Å². The number of benzene rings is 1. The van der Waals surface area contributed by atoms with E-state index >= 15 is 0 Å². The summed E-state index contributed by atoms with van der Waals surface area (Å²) in [6.45, 7) is 4.54. The number of hydrogen-bond donors (Lipinski definition) is 1. The molecule has 1 saturated heterocycles. The Morgan fingerprint density at radius 2 is 2.00 bits per heavy atom. The van der Waals surface area contributed by atoms with Gasteiger partial charge in [-0.25, -0.2) is 0 Å². The molecule has 4 nitrogen and oxygen atoms in total. The van der Waals surface area contributed by atoms with Crippen LogP contribution in [0.2, 0.25) is 0 Å². The van der Waals surface area contributed by atoms with Gasteiger partial charge in [-0.1, -0.05) is 18.5 Å². The highest BCUT2D eigenvalue weighted by molar-refractivity contribution is 5.87. The van der Waals surface area contributed by atoms with Crippen molar-refractivity contribution >= 4 is 16.7 Å². The largest absolute Gasteiger partial charge is 0.377 e. The summed E-state index contributed by atoms with van der Waals surface area (Å²) in [5, 5.41) is 9.07. The van der Waals surface area contributed by atoms with Gasteiger partial charge < -0.3 is 14.7 Å². The molecule has 2 aromatic rings. The lowest BCUT2D eigenvalue weighted by Gasteiger charge is -2.22. The molecule has 23 heavy (non-hydrogen) atoms. The maximum atomic E-state index is 5.77. The molecular formula is C19H29N3O. The van der Waals surface area contributed by atoms with Crippen LogP contribution in [0.5, 0.6) is 0 Å². The third kappa shape index (κ3) is 3.52. The second-order valence-corrected chi connectivity index (χ2v) is 6.95. The molecule has 1 aromatic heterocycles. The minimum absolute atomic E-state index is 0.833. The summed E-state index contributed by atoms with van der Waals surface area (Å²) in [4.78, 5) is 2.17. The number of fused-ring (bicyclic) bond motifs is 1. The summed E-state index contributed by atoms with van der Waals surface area (Å²) >= 11 is 0. The van der Waals surface area contributed by atoms with Crippen molar-refractivity contribution < 1.29 is 4.52 Å². The van der Waals surface area contributed by atoms with E-state index in [2.05, 4.69) is 48.5 Å². The first-order valence-corrected chi connectivity index (χ1v) is 8.99. The van der Waals surface area contributed by atoms with Gasteiger partial charge >= 0.3 is 0 Å². The first-order valence-electron chi connectivity index (χ1n) is 8.99. The zero-order chi connectivity index (χ0) is 16.2. The average Bonchev–Trinajstić information content (AvgIpc) is 2.98. The Morgan fingerprint density at radius 1 is 1.22 bits per heavy atom. The van der Waals surface area contributed by atoms with Crippen molar-refractivity contribution in [1.82, 2.24) is 10.5 Å². The molecule has 1 aliphatic rings. The van der Waals surface area contributed by atoms with Crippen molar-refractivity contribution in [1.29, 1.82) is 0 Å². The van der Waals surface area contributed by atoms with Gasteiger partial charge in [0.1, 0.15) is 0 Å². The first-order chi connectivity index (χ1) is 11.2. The van der Waals surface area contributed by atoms with Crippen LogP contribution >= 0.6 is 0 Å². The second-order valence-electron chi connectivity index (χ2n) is 6.95. The molecular weight excluding hydrogens is 286 g/mol. The lowest BCUT2D eigenvalue weighted by Crippen LogP contribution is -2.27. The monoisotopic (exact) mass is 315 g/mol. The molecule has 1 fully saturated rings. The van der Waals surface area contributed by atoms with E-state index in [4.69, 9.17) is 4.52 Å². The van der Waals surface area contributed by atoms with Crippen molar-refractivity contribution in [2.45, 2.75) is 45.4 Å². The molecule has 3 rings (SSSR count). The van der Waals surface area contributed by atoms with Crippen LogP contribution in [-0.2, 0) is 12.8 Å². The molecule has 0 atom stereocenters. The molecule has 0 aliphatic carbocycles. The molecule has 2 heterocycles. The van der Waals surface area contributed by atoms with E-state index in [1.165, 1.54) is 35.9 Å². The zero-order valence-corrected chi connectivity index (χ0v) is 14.7. The Balaban J connectivity index is 1.83. The van der Waals surface area contributed by atoms with Crippen LogP contribution in [-0.4, -0.2) is 32.3 Å². The van der Waals surface area contributed by atoms with E-state index in [9.17, 15) is 0 Å². The van der Waals surface area contributed by atoms with E-state index in [-0.39, 0.29) is 0 Å². The quantitative estimate of drug-likeness (QED) is 0.881. The minimum atomic E-state index is 0.833. The van der Waals surface area contributed by atoms with Crippen LogP contribution in [0, 0.1) is 5.92 Å². The van der Waals surface area contributed by atoms with Gasteiger partial charge in [-0.2, -0.15) is 0 Å². The maximum Gasteiger partial charge on any atom is 0.172 e. The summed E-state index contributed by atoms with van der Waals surface area (Å²) in [6.07, 6.45) is 6.99. The molecule has 0 bridgehead atoms. The van der Waals surface area contributed by atoms with Crippen LogP contribution in [0.15, 0.2) is 16.7 Å². The fourth-order valence-corrected chi connectivity index (χ4v) is 3.70. The number of hydrogen-bond acceptors (Lipinski definition) is 4. The van der Waals surface area contributed by atoms with Gasteiger partial charge in [0.15, 0.2) is 5.58 Å². The summed E-state index contributed by atoms with van der Waals surface area (Å²) in [7, 11) is 4.18.